The number of aliphatic hydroxyl groups excluding tert-OH is 1. The summed E-state index contributed by atoms with van der Waals surface area (Å²) in [4.78, 5) is 0. The van der Waals surface area contributed by atoms with Gasteiger partial charge in [-0.15, -0.1) is 0 Å². The van der Waals surface area contributed by atoms with Crippen molar-refractivity contribution in [1.82, 2.24) is 0 Å². The molecule has 96 valence electrons. The summed E-state index contributed by atoms with van der Waals surface area (Å²) in [5.74, 6) is 0.451. The minimum absolute atomic E-state index is 0.0846. The van der Waals surface area contributed by atoms with E-state index in [1.165, 1.54) is 6.07 Å². The van der Waals surface area contributed by atoms with Crippen LogP contribution in [0.1, 0.15) is 32.8 Å². The van der Waals surface area contributed by atoms with Gasteiger partial charge in [-0.2, -0.15) is 0 Å². The third kappa shape index (κ3) is 3.53. The third-order valence-corrected chi connectivity index (χ3v) is 2.47. The van der Waals surface area contributed by atoms with Gasteiger partial charge >= 0.3 is 0 Å². The first kappa shape index (κ1) is 13.6. The summed E-state index contributed by atoms with van der Waals surface area (Å²) in [6.45, 7) is 6.38. The maximum absolute atomic E-state index is 11.9. The molecular formula is C13H20NO3-. The van der Waals surface area contributed by atoms with Crippen LogP contribution in [-0.2, 0) is 5.41 Å². The summed E-state index contributed by atoms with van der Waals surface area (Å²) >= 11 is 0. The number of nitrogens with two attached hydrogens (primary N) is 1. The van der Waals surface area contributed by atoms with Crippen molar-refractivity contribution >= 4 is 5.69 Å². The van der Waals surface area contributed by atoms with Crippen molar-refractivity contribution in [2.45, 2.75) is 32.6 Å². The third-order valence-electron chi connectivity index (χ3n) is 2.47. The molecule has 0 radical (unpaired) electrons. The van der Waals surface area contributed by atoms with E-state index in [1.54, 1.807) is 6.07 Å². The molecule has 3 N–H and O–H groups in total. The molecule has 0 aliphatic carbocycles. The molecule has 0 saturated carbocycles. The Kier molecular flexibility index (Phi) is 4.23. The summed E-state index contributed by atoms with van der Waals surface area (Å²) in [6.07, 6.45) is 0.559. The molecule has 4 nitrogen and oxygen atoms in total. The molecule has 0 amide bonds. The van der Waals surface area contributed by atoms with Gasteiger partial charge in [-0.1, -0.05) is 26.5 Å². The number of anilines is 1. The number of hydrogen-bond acceptors (Lipinski definition) is 4. The largest absolute Gasteiger partial charge is 0.871 e. The highest BCUT2D eigenvalue weighted by molar-refractivity contribution is 5.60. The van der Waals surface area contributed by atoms with Crippen molar-refractivity contribution in [1.29, 1.82) is 0 Å². The maximum atomic E-state index is 11.9. The van der Waals surface area contributed by atoms with E-state index in [4.69, 9.17) is 15.6 Å². The zero-order valence-electron chi connectivity index (χ0n) is 10.6. The number of nitrogen functional groups attached to an aromatic ring is 1. The van der Waals surface area contributed by atoms with Crippen molar-refractivity contribution < 1.29 is 14.9 Å². The van der Waals surface area contributed by atoms with E-state index >= 15 is 0 Å². The lowest BCUT2D eigenvalue weighted by Gasteiger charge is -2.28. The fourth-order valence-electron chi connectivity index (χ4n) is 1.52. The van der Waals surface area contributed by atoms with Crippen molar-refractivity contribution in [3.05, 3.63) is 17.7 Å². The van der Waals surface area contributed by atoms with Crippen LogP contribution >= 0.6 is 0 Å². The molecule has 1 aromatic carbocycles. The van der Waals surface area contributed by atoms with Gasteiger partial charge in [0, 0.05) is 24.8 Å². The Morgan fingerprint density at radius 1 is 1.35 bits per heavy atom. The van der Waals surface area contributed by atoms with E-state index in [0.29, 0.717) is 24.3 Å². The second kappa shape index (κ2) is 5.27. The van der Waals surface area contributed by atoms with E-state index < -0.39 is 0 Å². The van der Waals surface area contributed by atoms with Crippen LogP contribution in [0.15, 0.2) is 12.1 Å². The average molecular weight is 238 g/mol. The number of hydrogen-bond donors (Lipinski definition) is 2. The smallest absolute Gasteiger partial charge is 0.121 e. The number of benzene rings is 1. The van der Waals surface area contributed by atoms with Crippen LogP contribution in [0, 0.1) is 0 Å². The Bertz CT molecular complexity index is 383. The van der Waals surface area contributed by atoms with Gasteiger partial charge in [0.2, 0.25) is 0 Å². The Balaban J connectivity index is 2.98. The molecule has 0 bridgehead atoms. The van der Waals surface area contributed by atoms with E-state index in [1.807, 2.05) is 20.8 Å². The highest BCUT2D eigenvalue weighted by Crippen LogP contribution is 2.36. The summed E-state index contributed by atoms with van der Waals surface area (Å²) in [6, 6.07) is 3.27. The van der Waals surface area contributed by atoms with E-state index in [2.05, 4.69) is 0 Å². The van der Waals surface area contributed by atoms with E-state index in [0.717, 1.165) is 0 Å². The van der Waals surface area contributed by atoms with E-state index in [-0.39, 0.29) is 23.5 Å². The zero-order valence-corrected chi connectivity index (χ0v) is 10.6. The SMILES string of the molecule is CC(C)(C)c1cc(OCCCO)cc(N)c1[O-]. The van der Waals surface area contributed by atoms with Crippen LogP contribution in [0.2, 0.25) is 0 Å². The van der Waals surface area contributed by atoms with Gasteiger partial charge in [0.15, 0.2) is 0 Å². The van der Waals surface area contributed by atoms with E-state index in [9.17, 15) is 5.11 Å². The van der Waals surface area contributed by atoms with Gasteiger partial charge in [-0.25, -0.2) is 0 Å². The van der Waals surface area contributed by atoms with Crippen LogP contribution < -0.4 is 15.6 Å². The summed E-state index contributed by atoms with van der Waals surface area (Å²) in [7, 11) is 0. The Morgan fingerprint density at radius 2 is 2.00 bits per heavy atom. The highest BCUT2D eigenvalue weighted by Gasteiger charge is 2.16. The number of rotatable bonds is 4. The van der Waals surface area contributed by atoms with Crippen molar-refractivity contribution in [3.8, 4) is 11.5 Å². The summed E-state index contributed by atoms with van der Waals surface area (Å²) in [5, 5.41) is 20.5. The van der Waals surface area contributed by atoms with Crippen molar-refractivity contribution in [2.24, 2.45) is 0 Å². The molecule has 1 aromatic rings. The second-order valence-electron chi connectivity index (χ2n) is 5.06. The molecule has 0 atom stereocenters. The van der Waals surface area contributed by atoms with Crippen LogP contribution in [0.5, 0.6) is 11.5 Å². The normalized spacial score (nSPS) is 11.5. The van der Waals surface area contributed by atoms with Crippen LogP contribution in [-0.4, -0.2) is 18.3 Å². The predicted molar refractivity (Wildman–Crippen MR) is 66.2 cm³/mol. The Morgan fingerprint density at radius 3 is 2.53 bits per heavy atom. The topological polar surface area (TPSA) is 78.5 Å². The molecule has 17 heavy (non-hydrogen) atoms. The first-order valence-corrected chi connectivity index (χ1v) is 5.71. The van der Waals surface area contributed by atoms with Crippen LogP contribution in [0.3, 0.4) is 0 Å². The minimum Gasteiger partial charge on any atom is -0.871 e. The Labute approximate surface area is 102 Å². The standard InChI is InChI=1S/C13H21NO3/c1-13(2,3)10-7-9(17-6-4-5-15)8-11(14)12(10)16/h7-8,15-16H,4-6,14H2,1-3H3/p-1. The first-order chi connectivity index (χ1) is 7.86. The van der Waals surface area contributed by atoms with Crippen molar-refractivity contribution in [3.63, 3.8) is 0 Å². The van der Waals surface area contributed by atoms with Crippen LogP contribution in [0.25, 0.3) is 0 Å². The second-order valence-corrected chi connectivity index (χ2v) is 5.06. The first-order valence-electron chi connectivity index (χ1n) is 5.71. The predicted octanol–water partition coefficient (Wildman–Crippen LogP) is 1.40. The molecule has 0 heterocycles. The molecule has 0 unspecified atom stereocenters. The molecule has 0 aliphatic rings. The molecule has 0 aromatic heterocycles. The lowest BCUT2D eigenvalue weighted by atomic mass is 9.86. The molecule has 1 rings (SSSR count). The Hall–Kier alpha value is -1.42. The van der Waals surface area contributed by atoms with Gasteiger partial charge in [0.25, 0.3) is 0 Å². The number of ether oxygens (including phenoxy) is 1. The fraction of sp³-hybridized carbons (Fsp3) is 0.538. The quantitative estimate of drug-likeness (QED) is 0.614. The molecule has 0 spiro atoms. The summed E-state index contributed by atoms with van der Waals surface area (Å²) in [5.41, 5.74) is 6.27. The van der Waals surface area contributed by atoms with Crippen LogP contribution in [0.4, 0.5) is 5.69 Å². The number of aliphatic hydroxyl groups is 1. The monoisotopic (exact) mass is 238 g/mol. The zero-order chi connectivity index (χ0) is 13.1. The molecule has 4 heteroatoms. The lowest BCUT2D eigenvalue weighted by Crippen LogP contribution is -2.16. The molecular weight excluding hydrogens is 218 g/mol. The molecule has 0 fully saturated rings. The van der Waals surface area contributed by atoms with Gasteiger partial charge in [-0.3, -0.25) is 0 Å². The van der Waals surface area contributed by atoms with Crippen molar-refractivity contribution in [2.75, 3.05) is 18.9 Å². The summed E-state index contributed by atoms with van der Waals surface area (Å²) < 4.78 is 5.44. The highest BCUT2D eigenvalue weighted by atomic mass is 16.5. The maximum Gasteiger partial charge on any atom is 0.121 e. The molecule has 0 saturated heterocycles. The van der Waals surface area contributed by atoms with Gasteiger partial charge < -0.3 is 20.7 Å². The minimum atomic E-state index is -0.262. The average Bonchev–Trinajstić information content (AvgIpc) is 2.21. The van der Waals surface area contributed by atoms with Gasteiger partial charge in [0.05, 0.1) is 6.61 Å². The molecule has 0 aliphatic heterocycles. The fourth-order valence-corrected chi connectivity index (χ4v) is 1.52. The van der Waals surface area contributed by atoms with Gasteiger partial charge in [-0.05, 0) is 17.0 Å². The lowest BCUT2D eigenvalue weighted by molar-refractivity contribution is -0.268. The van der Waals surface area contributed by atoms with Gasteiger partial charge in [0.1, 0.15) is 5.75 Å².